The smallest absolute Gasteiger partial charge is 0.341 e. The third-order valence-corrected chi connectivity index (χ3v) is 6.29. The number of thiophene rings is 1. The maximum atomic E-state index is 12.9. The van der Waals surface area contributed by atoms with Crippen LogP contribution >= 0.6 is 23.7 Å². The third-order valence-electron chi connectivity index (χ3n) is 5.16. The first-order valence-electron chi connectivity index (χ1n) is 9.74. The van der Waals surface area contributed by atoms with Gasteiger partial charge in [0.25, 0.3) is 5.91 Å². The van der Waals surface area contributed by atoms with E-state index in [2.05, 4.69) is 24.1 Å². The van der Waals surface area contributed by atoms with E-state index in [-0.39, 0.29) is 37.7 Å². The zero-order valence-corrected chi connectivity index (χ0v) is 18.8. The van der Waals surface area contributed by atoms with Crippen molar-refractivity contribution in [2.45, 2.75) is 39.8 Å². The van der Waals surface area contributed by atoms with Crippen LogP contribution in [0, 0.1) is 0 Å². The molecule has 1 N–H and O–H groups in total. The summed E-state index contributed by atoms with van der Waals surface area (Å²) in [5.74, 6) is 0.479. The van der Waals surface area contributed by atoms with Gasteiger partial charge in [0.15, 0.2) is 11.5 Å². The molecule has 2 aliphatic rings. The summed E-state index contributed by atoms with van der Waals surface area (Å²) in [5, 5.41) is 3.47. The monoisotopic (exact) mass is 452 g/mol. The van der Waals surface area contributed by atoms with Crippen molar-refractivity contribution >= 4 is 40.6 Å². The molecule has 2 aromatic rings. The number of ether oxygens (including phenoxy) is 3. The molecular weight excluding hydrogens is 428 g/mol. The fourth-order valence-corrected chi connectivity index (χ4v) is 4.84. The molecular formula is C21H25ClN2O5S. The van der Waals surface area contributed by atoms with E-state index in [1.165, 1.54) is 11.3 Å². The molecule has 0 spiro atoms. The normalized spacial score (nSPS) is 14.8. The predicted molar refractivity (Wildman–Crippen MR) is 117 cm³/mol. The van der Waals surface area contributed by atoms with Gasteiger partial charge in [0, 0.05) is 29.6 Å². The quantitative estimate of drug-likeness (QED) is 0.688. The summed E-state index contributed by atoms with van der Waals surface area (Å²) in [5.41, 5.74) is 1.93. The van der Waals surface area contributed by atoms with E-state index in [0.717, 1.165) is 30.0 Å². The number of amides is 1. The maximum Gasteiger partial charge on any atom is 0.341 e. The minimum Gasteiger partial charge on any atom is -0.462 e. The third kappa shape index (κ3) is 4.26. The summed E-state index contributed by atoms with van der Waals surface area (Å²) in [7, 11) is 0. The van der Waals surface area contributed by atoms with Crippen LogP contribution < -0.4 is 14.8 Å². The van der Waals surface area contributed by atoms with Crippen molar-refractivity contribution in [3.8, 4) is 11.5 Å². The Morgan fingerprint density at radius 1 is 1.27 bits per heavy atom. The van der Waals surface area contributed by atoms with Gasteiger partial charge in [-0.3, -0.25) is 9.69 Å². The molecule has 0 atom stereocenters. The van der Waals surface area contributed by atoms with Crippen LogP contribution in [-0.2, 0) is 17.7 Å². The standard InChI is InChI=1S/C21H24N2O5S.ClH/c1-4-26-21(25)18-14-7-8-23(12(2)3)10-17(14)29-20(18)22-19(24)13-5-6-15-16(9-13)28-11-27-15;/h5-6,9,12H,4,7-8,10-11H2,1-3H3,(H,22,24);1H. The number of benzene rings is 1. The fraction of sp³-hybridized carbons (Fsp3) is 0.429. The Morgan fingerprint density at radius 3 is 2.77 bits per heavy atom. The van der Waals surface area contributed by atoms with Crippen LogP contribution in [0.3, 0.4) is 0 Å². The zero-order chi connectivity index (χ0) is 20.5. The van der Waals surface area contributed by atoms with Gasteiger partial charge in [-0.05, 0) is 51.0 Å². The van der Waals surface area contributed by atoms with E-state index in [4.69, 9.17) is 14.2 Å². The molecule has 4 rings (SSSR count). The minimum absolute atomic E-state index is 0. The summed E-state index contributed by atoms with van der Waals surface area (Å²) < 4.78 is 15.9. The van der Waals surface area contributed by atoms with E-state index >= 15 is 0 Å². The SMILES string of the molecule is CCOC(=O)c1c(NC(=O)c2ccc3c(c2)OCO3)sc2c1CCN(C(C)C)C2.Cl. The van der Waals surface area contributed by atoms with Crippen molar-refractivity contribution in [1.29, 1.82) is 0 Å². The van der Waals surface area contributed by atoms with Crippen LogP contribution in [0.1, 0.15) is 51.9 Å². The lowest BCUT2D eigenvalue weighted by atomic mass is 10.0. The van der Waals surface area contributed by atoms with Crippen LogP contribution in [-0.4, -0.2) is 42.8 Å². The maximum absolute atomic E-state index is 12.9. The topological polar surface area (TPSA) is 77.1 Å². The molecule has 0 fully saturated rings. The highest BCUT2D eigenvalue weighted by Gasteiger charge is 2.30. The largest absolute Gasteiger partial charge is 0.462 e. The lowest BCUT2D eigenvalue weighted by Gasteiger charge is -2.30. The van der Waals surface area contributed by atoms with Gasteiger partial charge in [-0.1, -0.05) is 0 Å². The molecule has 9 heteroatoms. The van der Waals surface area contributed by atoms with E-state index in [0.29, 0.717) is 33.7 Å². The van der Waals surface area contributed by atoms with Crippen LogP contribution in [0.5, 0.6) is 11.5 Å². The van der Waals surface area contributed by atoms with Crippen LogP contribution in [0.4, 0.5) is 5.00 Å². The summed E-state index contributed by atoms with van der Waals surface area (Å²) >= 11 is 1.46. The molecule has 0 radical (unpaired) electrons. The Kier molecular flexibility index (Phi) is 6.90. The average molecular weight is 453 g/mol. The van der Waals surface area contributed by atoms with Crippen molar-refractivity contribution in [2.75, 3.05) is 25.3 Å². The Bertz CT molecular complexity index is 959. The molecule has 30 heavy (non-hydrogen) atoms. The summed E-state index contributed by atoms with van der Waals surface area (Å²) in [6, 6.07) is 5.46. The number of rotatable bonds is 5. The van der Waals surface area contributed by atoms with Crippen LogP contribution in [0.25, 0.3) is 0 Å². The van der Waals surface area contributed by atoms with Crippen molar-refractivity contribution in [3.63, 3.8) is 0 Å². The predicted octanol–water partition coefficient (Wildman–Crippen LogP) is 4.09. The first-order valence-corrected chi connectivity index (χ1v) is 10.6. The van der Waals surface area contributed by atoms with Gasteiger partial charge in [-0.25, -0.2) is 4.79 Å². The second-order valence-corrected chi connectivity index (χ2v) is 8.37. The number of nitrogens with one attached hydrogen (secondary N) is 1. The molecule has 0 saturated carbocycles. The molecule has 0 bridgehead atoms. The van der Waals surface area contributed by atoms with Crippen LogP contribution in [0.2, 0.25) is 0 Å². The number of halogens is 1. The van der Waals surface area contributed by atoms with Gasteiger partial charge in [-0.2, -0.15) is 0 Å². The van der Waals surface area contributed by atoms with Gasteiger partial charge in [0.05, 0.1) is 12.2 Å². The second-order valence-electron chi connectivity index (χ2n) is 7.26. The number of hydrogen-bond donors (Lipinski definition) is 1. The summed E-state index contributed by atoms with van der Waals surface area (Å²) in [4.78, 5) is 29.0. The number of hydrogen-bond acceptors (Lipinski definition) is 7. The number of anilines is 1. The molecule has 1 aromatic heterocycles. The second kappa shape index (κ2) is 9.24. The Balaban J connectivity index is 0.00000256. The number of esters is 1. The van der Waals surface area contributed by atoms with Gasteiger partial charge < -0.3 is 19.5 Å². The molecule has 0 saturated heterocycles. The lowest BCUT2D eigenvalue weighted by molar-refractivity contribution is 0.0526. The number of fused-ring (bicyclic) bond motifs is 2. The van der Waals surface area contributed by atoms with Crippen molar-refractivity contribution in [3.05, 3.63) is 39.8 Å². The molecule has 0 unspecified atom stereocenters. The summed E-state index contributed by atoms with van der Waals surface area (Å²) in [6.45, 7) is 8.18. The average Bonchev–Trinajstić information content (AvgIpc) is 3.30. The van der Waals surface area contributed by atoms with E-state index in [1.807, 2.05) is 0 Å². The van der Waals surface area contributed by atoms with Crippen molar-refractivity contribution < 1.29 is 23.8 Å². The van der Waals surface area contributed by atoms with Gasteiger partial charge in [0.1, 0.15) is 5.00 Å². The molecule has 7 nitrogen and oxygen atoms in total. The zero-order valence-electron chi connectivity index (χ0n) is 17.1. The highest BCUT2D eigenvalue weighted by Crippen LogP contribution is 2.39. The van der Waals surface area contributed by atoms with Crippen LogP contribution in [0.15, 0.2) is 18.2 Å². The van der Waals surface area contributed by atoms with Crippen molar-refractivity contribution in [1.82, 2.24) is 4.90 Å². The van der Waals surface area contributed by atoms with E-state index in [1.54, 1.807) is 25.1 Å². The Labute approximate surface area is 185 Å². The summed E-state index contributed by atoms with van der Waals surface area (Å²) in [6.07, 6.45) is 0.762. The Hall–Kier alpha value is -2.29. The van der Waals surface area contributed by atoms with E-state index < -0.39 is 0 Å². The minimum atomic E-state index is -0.385. The molecule has 1 aromatic carbocycles. The number of carbonyl (C=O) groups is 2. The number of carbonyl (C=O) groups excluding carboxylic acids is 2. The van der Waals surface area contributed by atoms with Gasteiger partial charge in [0.2, 0.25) is 6.79 Å². The first-order chi connectivity index (χ1) is 14.0. The lowest BCUT2D eigenvalue weighted by Crippen LogP contribution is -2.35. The van der Waals surface area contributed by atoms with Gasteiger partial charge in [-0.15, -0.1) is 23.7 Å². The molecule has 1 amide bonds. The fourth-order valence-electron chi connectivity index (χ4n) is 3.58. The number of nitrogens with zero attached hydrogens (tertiary/aromatic N) is 1. The molecule has 3 heterocycles. The first kappa shape index (κ1) is 22.4. The molecule has 0 aliphatic carbocycles. The molecule has 162 valence electrons. The Morgan fingerprint density at radius 2 is 2.03 bits per heavy atom. The van der Waals surface area contributed by atoms with Gasteiger partial charge >= 0.3 is 5.97 Å². The van der Waals surface area contributed by atoms with E-state index in [9.17, 15) is 9.59 Å². The highest BCUT2D eigenvalue weighted by molar-refractivity contribution is 7.17. The molecule has 2 aliphatic heterocycles. The van der Waals surface area contributed by atoms with Crippen molar-refractivity contribution in [2.24, 2.45) is 0 Å². The highest BCUT2D eigenvalue weighted by atomic mass is 35.5.